The second-order valence-corrected chi connectivity index (χ2v) is 8.35. The highest BCUT2D eigenvalue weighted by Gasteiger charge is 2.14. The predicted octanol–water partition coefficient (Wildman–Crippen LogP) is 3.44. The van der Waals surface area contributed by atoms with E-state index in [4.69, 9.17) is 9.72 Å². The molecule has 3 N–H and O–H groups in total. The topological polar surface area (TPSA) is 112 Å². The van der Waals surface area contributed by atoms with E-state index in [1.54, 1.807) is 12.4 Å². The van der Waals surface area contributed by atoms with Crippen molar-refractivity contribution >= 4 is 33.2 Å². The summed E-state index contributed by atoms with van der Waals surface area (Å²) in [7, 11) is 0. The summed E-state index contributed by atoms with van der Waals surface area (Å²) in [6.07, 6.45) is 5.27. The van der Waals surface area contributed by atoms with Crippen LogP contribution in [0.25, 0.3) is 32.9 Å². The lowest BCUT2D eigenvalue weighted by Gasteiger charge is -2.26. The van der Waals surface area contributed by atoms with Crippen LogP contribution in [-0.4, -0.2) is 56.4 Å². The number of aromatic nitrogens is 5. The summed E-state index contributed by atoms with van der Waals surface area (Å²) >= 11 is 0. The molecule has 0 atom stereocenters. The van der Waals surface area contributed by atoms with Gasteiger partial charge in [0.1, 0.15) is 5.82 Å². The molecule has 9 heteroatoms. The summed E-state index contributed by atoms with van der Waals surface area (Å²) in [5, 5.41) is 12.7. The van der Waals surface area contributed by atoms with Crippen molar-refractivity contribution < 1.29 is 4.74 Å². The number of fused-ring (bicyclic) bond motifs is 2. The molecule has 0 unspecified atom stereocenters. The second kappa shape index (κ2) is 8.69. The molecule has 4 aromatic heterocycles. The van der Waals surface area contributed by atoms with E-state index in [1.165, 1.54) is 0 Å². The molecule has 170 valence electrons. The van der Waals surface area contributed by atoms with Crippen LogP contribution in [0, 0.1) is 0 Å². The van der Waals surface area contributed by atoms with Crippen LogP contribution in [0.5, 0.6) is 0 Å². The smallest absolute Gasteiger partial charge is 0.259 e. The summed E-state index contributed by atoms with van der Waals surface area (Å²) in [6.45, 7) is 4.17. The van der Waals surface area contributed by atoms with Crippen molar-refractivity contribution in [3.8, 4) is 11.3 Å². The van der Waals surface area contributed by atoms with E-state index in [9.17, 15) is 4.79 Å². The summed E-state index contributed by atoms with van der Waals surface area (Å²) in [6, 6.07) is 13.7. The summed E-state index contributed by atoms with van der Waals surface area (Å²) in [5.41, 5.74) is 4.16. The number of H-pyrrole nitrogens is 2. The van der Waals surface area contributed by atoms with Crippen molar-refractivity contribution in [2.24, 2.45) is 0 Å². The summed E-state index contributed by atoms with van der Waals surface area (Å²) in [4.78, 5) is 27.2. The number of anilines is 2. The maximum Gasteiger partial charge on any atom is 0.259 e. The first-order valence-electron chi connectivity index (χ1n) is 11.2. The molecule has 0 spiro atoms. The molecule has 0 saturated carbocycles. The lowest BCUT2D eigenvalue weighted by atomic mass is 10.1. The fourth-order valence-electron chi connectivity index (χ4n) is 4.26. The molecule has 6 rings (SSSR count). The zero-order valence-corrected chi connectivity index (χ0v) is 18.4. The van der Waals surface area contributed by atoms with Gasteiger partial charge in [0.05, 0.1) is 41.7 Å². The minimum Gasteiger partial charge on any atom is -0.379 e. The van der Waals surface area contributed by atoms with E-state index >= 15 is 0 Å². The van der Waals surface area contributed by atoms with Gasteiger partial charge in [-0.1, -0.05) is 0 Å². The van der Waals surface area contributed by atoms with Crippen molar-refractivity contribution in [2.45, 2.75) is 6.54 Å². The Bertz CT molecular complexity index is 1520. The van der Waals surface area contributed by atoms with Gasteiger partial charge in [-0.25, -0.2) is 4.98 Å². The van der Waals surface area contributed by atoms with E-state index in [0.717, 1.165) is 71.8 Å². The Morgan fingerprint density at radius 2 is 1.94 bits per heavy atom. The average Bonchev–Trinajstić information content (AvgIpc) is 3.33. The highest BCUT2D eigenvalue weighted by atomic mass is 16.5. The van der Waals surface area contributed by atoms with Crippen LogP contribution in [-0.2, 0) is 11.3 Å². The fraction of sp³-hybridized carbons (Fsp3) is 0.200. The molecule has 0 bridgehead atoms. The van der Waals surface area contributed by atoms with Gasteiger partial charge in [0.15, 0.2) is 0 Å². The van der Waals surface area contributed by atoms with Crippen LogP contribution in [0.4, 0.5) is 11.5 Å². The number of hydrogen-bond acceptors (Lipinski definition) is 7. The maximum atomic E-state index is 12.7. The first kappa shape index (κ1) is 20.5. The highest BCUT2D eigenvalue weighted by Crippen LogP contribution is 2.28. The molecule has 1 fully saturated rings. The number of ether oxygens (including phenoxy) is 1. The largest absolute Gasteiger partial charge is 0.379 e. The van der Waals surface area contributed by atoms with E-state index in [2.05, 4.69) is 30.4 Å². The standard InChI is InChI=1S/C25H23N7O2/c33-25-23-16(5-6-26-25)11-21(17-2-4-20(27-13-17)15-32-7-9-34-10-8-32)30-24(23)29-19-3-1-18-14-28-31-22(18)12-19/h1-6,11-14H,7-10,15H2,(H,26,33)(H,28,31)(H,29,30). The lowest BCUT2D eigenvalue weighted by Crippen LogP contribution is -2.35. The van der Waals surface area contributed by atoms with Crippen LogP contribution in [0.15, 0.2) is 65.8 Å². The first-order chi connectivity index (χ1) is 16.7. The van der Waals surface area contributed by atoms with E-state index in [1.807, 2.05) is 48.7 Å². The van der Waals surface area contributed by atoms with Gasteiger partial charge in [0.25, 0.3) is 5.56 Å². The Morgan fingerprint density at radius 3 is 2.79 bits per heavy atom. The molecule has 0 aliphatic carbocycles. The Morgan fingerprint density at radius 1 is 1.03 bits per heavy atom. The van der Waals surface area contributed by atoms with E-state index in [0.29, 0.717) is 11.2 Å². The Labute approximate surface area is 194 Å². The van der Waals surface area contributed by atoms with Gasteiger partial charge in [-0.2, -0.15) is 5.10 Å². The number of morpholine rings is 1. The molecule has 9 nitrogen and oxygen atoms in total. The SMILES string of the molecule is O=c1[nH]ccc2cc(-c3ccc(CN4CCOCC4)nc3)nc(Nc3ccc4cn[nH]c4c3)c12. The van der Waals surface area contributed by atoms with E-state index < -0.39 is 0 Å². The molecule has 0 radical (unpaired) electrons. The van der Waals surface area contributed by atoms with Crippen LogP contribution in [0.2, 0.25) is 0 Å². The van der Waals surface area contributed by atoms with Crippen molar-refractivity contribution in [3.63, 3.8) is 0 Å². The molecule has 1 saturated heterocycles. The summed E-state index contributed by atoms with van der Waals surface area (Å²) < 4.78 is 5.42. The Hall–Kier alpha value is -4.08. The van der Waals surface area contributed by atoms with Gasteiger partial charge in [-0.05, 0) is 47.9 Å². The van der Waals surface area contributed by atoms with Crippen molar-refractivity contribution in [1.82, 2.24) is 30.0 Å². The molecular weight excluding hydrogens is 430 g/mol. The molecule has 1 aliphatic rings. The number of rotatable bonds is 5. The zero-order valence-electron chi connectivity index (χ0n) is 18.4. The number of pyridine rings is 3. The van der Waals surface area contributed by atoms with Gasteiger partial charge in [0.2, 0.25) is 0 Å². The lowest BCUT2D eigenvalue weighted by molar-refractivity contribution is 0.0336. The monoisotopic (exact) mass is 453 g/mol. The second-order valence-electron chi connectivity index (χ2n) is 8.35. The Balaban J connectivity index is 1.35. The number of benzene rings is 1. The van der Waals surface area contributed by atoms with Crippen molar-refractivity contribution in [2.75, 3.05) is 31.6 Å². The van der Waals surface area contributed by atoms with E-state index in [-0.39, 0.29) is 5.56 Å². The first-order valence-corrected chi connectivity index (χ1v) is 11.2. The fourth-order valence-corrected chi connectivity index (χ4v) is 4.26. The molecule has 1 aliphatic heterocycles. The van der Waals surface area contributed by atoms with Crippen LogP contribution < -0.4 is 10.9 Å². The van der Waals surface area contributed by atoms with Crippen molar-refractivity contribution in [1.29, 1.82) is 0 Å². The molecule has 5 heterocycles. The van der Waals surface area contributed by atoms with Gasteiger partial charge in [-0.3, -0.25) is 19.8 Å². The predicted molar refractivity (Wildman–Crippen MR) is 131 cm³/mol. The number of nitrogens with one attached hydrogen (secondary N) is 3. The normalized spacial score (nSPS) is 14.6. The van der Waals surface area contributed by atoms with Gasteiger partial charge >= 0.3 is 0 Å². The number of nitrogens with zero attached hydrogens (tertiary/aromatic N) is 4. The maximum absolute atomic E-state index is 12.7. The van der Waals surface area contributed by atoms with Crippen molar-refractivity contribution in [3.05, 3.63) is 77.1 Å². The molecule has 5 aromatic rings. The van der Waals surface area contributed by atoms with Crippen LogP contribution in [0.1, 0.15) is 5.69 Å². The van der Waals surface area contributed by atoms with Crippen LogP contribution >= 0.6 is 0 Å². The number of aromatic amines is 2. The van der Waals surface area contributed by atoms with Gasteiger partial charge < -0.3 is 15.0 Å². The molecule has 34 heavy (non-hydrogen) atoms. The number of hydrogen-bond donors (Lipinski definition) is 3. The zero-order chi connectivity index (χ0) is 22.9. The minimum atomic E-state index is -0.194. The third kappa shape index (κ3) is 4.02. The molecule has 1 aromatic carbocycles. The molecule has 0 amide bonds. The summed E-state index contributed by atoms with van der Waals surface area (Å²) in [5.74, 6) is 0.491. The van der Waals surface area contributed by atoms with Crippen LogP contribution in [0.3, 0.4) is 0 Å². The third-order valence-electron chi connectivity index (χ3n) is 6.07. The highest BCUT2D eigenvalue weighted by molar-refractivity contribution is 5.95. The minimum absolute atomic E-state index is 0.194. The third-order valence-corrected chi connectivity index (χ3v) is 6.07. The van der Waals surface area contributed by atoms with Gasteiger partial charge in [-0.15, -0.1) is 0 Å². The average molecular weight is 454 g/mol. The quantitative estimate of drug-likeness (QED) is 0.374. The Kier molecular flexibility index (Phi) is 5.25. The van der Waals surface area contributed by atoms with Gasteiger partial charge in [0, 0.05) is 48.7 Å². The molecular formula is C25H23N7O2.